The van der Waals surface area contributed by atoms with Gasteiger partial charge in [0.15, 0.2) is 11.5 Å². The van der Waals surface area contributed by atoms with Crippen molar-refractivity contribution >= 4 is 0 Å². The number of ether oxygens (including phenoxy) is 3. The Morgan fingerprint density at radius 2 is 1.59 bits per heavy atom. The summed E-state index contributed by atoms with van der Waals surface area (Å²) in [7, 11) is 3.17. The van der Waals surface area contributed by atoms with Gasteiger partial charge >= 0.3 is 0 Å². The first-order valence-corrected chi connectivity index (χ1v) is 7.07. The van der Waals surface area contributed by atoms with E-state index in [2.05, 4.69) is 0 Å². The molecule has 22 heavy (non-hydrogen) atoms. The molecule has 2 aromatic rings. The van der Waals surface area contributed by atoms with E-state index in [-0.39, 0.29) is 6.04 Å². The van der Waals surface area contributed by atoms with Crippen molar-refractivity contribution in [3.05, 3.63) is 53.6 Å². The summed E-state index contributed by atoms with van der Waals surface area (Å²) in [6.07, 6.45) is 0. The minimum absolute atomic E-state index is 0.317. The third-order valence-electron chi connectivity index (χ3n) is 3.41. The average molecular weight is 302 g/mol. The SMILES string of the molecule is COc1cc(OCc2ccccc2)c([C@H](N)CN)cc1OC. The van der Waals surface area contributed by atoms with Crippen LogP contribution in [0.15, 0.2) is 42.5 Å². The zero-order chi connectivity index (χ0) is 15.9. The highest BCUT2D eigenvalue weighted by atomic mass is 16.5. The Hall–Kier alpha value is -2.24. The molecule has 5 heteroatoms. The van der Waals surface area contributed by atoms with Crippen LogP contribution in [0.2, 0.25) is 0 Å². The summed E-state index contributed by atoms with van der Waals surface area (Å²) in [6.45, 7) is 0.762. The van der Waals surface area contributed by atoms with Gasteiger partial charge in [0, 0.05) is 24.2 Å². The summed E-state index contributed by atoms with van der Waals surface area (Å²) < 4.78 is 16.5. The van der Waals surface area contributed by atoms with E-state index < -0.39 is 0 Å². The molecule has 4 N–H and O–H groups in total. The van der Waals surface area contributed by atoms with Gasteiger partial charge in [-0.1, -0.05) is 30.3 Å². The van der Waals surface area contributed by atoms with Crippen LogP contribution in [-0.2, 0) is 6.61 Å². The fraction of sp³-hybridized carbons (Fsp3) is 0.294. The lowest BCUT2D eigenvalue weighted by molar-refractivity contribution is 0.295. The minimum atomic E-state index is -0.328. The van der Waals surface area contributed by atoms with Gasteiger partial charge in [0.05, 0.1) is 14.2 Å². The molecule has 0 aliphatic heterocycles. The lowest BCUT2D eigenvalue weighted by Gasteiger charge is -2.19. The van der Waals surface area contributed by atoms with Gasteiger partial charge in [-0.15, -0.1) is 0 Å². The second kappa shape index (κ2) is 7.68. The van der Waals surface area contributed by atoms with Crippen LogP contribution in [0.25, 0.3) is 0 Å². The van der Waals surface area contributed by atoms with E-state index in [1.807, 2.05) is 36.4 Å². The number of hydrogen-bond acceptors (Lipinski definition) is 5. The number of nitrogens with two attached hydrogens (primary N) is 2. The van der Waals surface area contributed by atoms with Crippen LogP contribution in [-0.4, -0.2) is 20.8 Å². The summed E-state index contributed by atoms with van der Waals surface area (Å²) >= 11 is 0. The normalized spacial score (nSPS) is 11.8. The Bertz CT molecular complexity index is 602. The van der Waals surface area contributed by atoms with Crippen molar-refractivity contribution in [3.8, 4) is 17.2 Å². The van der Waals surface area contributed by atoms with Crippen LogP contribution >= 0.6 is 0 Å². The predicted octanol–water partition coefficient (Wildman–Crippen LogP) is 2.24. The predicted molar refractivity (Wildman–Crippen MR) is 86.3 cm³/mol. The summed E-state index contributed by atoms with van der Waals surface area (Å²) in [4.78, 5) is 0. The Morgan fingerprint density at radius 1 is 0.955 bits per heavy atom. The standard InChI is InChI=1S/C17H22N2O3/c1-20-16-8-13(14(19)10-18)15(9-17(16)21-2)22-11-12-6-4-3-5-7-12/h3-9,14H,10-11,18-19H2,1-2H3/t14-/m1/s1. The molecule has 118 valence electrons. The molecular weight excluding hydrogens is 280 g/mol. The quantitative estimate of drug-likeness (QED) is 0.820. The van der Waals surface area contributed by atoms with Crippen molar-refractivity contribution in [2.45, 2.75) is 12.6 Å². The van der Waals surface area contributed by atoms with E-state index in [0.717, 1.165) is 11.1 Å². The molecule has 0 heterocycles. The monoisotopic (exact) mass is 302 g/mol. The van der Waals surface area contributed by atoms with Gasteiger partial charge < -0.3 is 25.7 Å². The van der Waals surface area contributed by atoms with E-state index >= 15 is 0 Å². The van der Waals surface area contributed by atoms with Crippen molar-refractivity contribution in [2.75, 3.05) is 20.8 Å². The maximum atomic E-state index is 6.08. The summed E-state index contributed by atoms with van der Waals surface area (Å²) in [5, 5.41) is 0. The smallest absolute Gasteiger partial charge is 0.164 e. The molecule has 1 atom stereocenters. The molecule has 0 unspecified atom stereocenters. The molecular formula is C17H22N2O3. The highest BCUT2D eigenvalue weighted by Gasteiger charge is 2.17. The molecule has 0 aliphatic carbocycles. The van der Waals surface area contributed by atoms with Crippen LogP contribution in [0.1, 0.15) is 17.2 Å². The van der Waals surface area contributed by atoms with E-state index in [0.29, 0.717) is 30.4 Å². The maximum absolute atomic E-state index is 6.08. The van der Waals surface area contributed by atoms with Crippen LogP contribution < -0.4 is 25.7 Å². The molecule has 5 nitrogen and oxygen atoms in total. The molecule has 0 aliphatic rings. The summed E-state index contributed by atoms with van der Waals surface area (Å²) in [5.41, 5.74) is 13.6. The third kappa shape index (κ3) is 3.69. The third-order valence-corrected chi connectivity index (χ3v) is 3.41. The Balaban J connectivity index is 2.30. The minimum Gasteiger partial charge on any atom is -0.493 e. The molecule has 0 saturated heterocycles. The largest absolute Gasteiger partial charge is 0.493 e. The van der Waals surface area contributed by atoms with Gasteiger partial charge in [0.2, 0.25) is 0 Å². The van der Waals surface area contributed by atoms with Crippen LogP contribution in [0, 0.1) is 0 Å². The zero-order valence-corrected chi connectivity index (χ0v) is 12.9. The molecule has 0 bridgehead atoms. The van der Waals surface area contributed by atoms with Gasteiger partial charge in [0.1, 0.15) is 12.4 Å². The highest BCUT2D eigenvalue weighted by molar-refractivity contribution is 5.52. The molecule has 0 saturated carbocycles. The number of rotatable bonds is 7. The first-order chi connectivity index (χ1) is 10.7. The molecule has 2 aromatic carbocycles. The fourth-order valence-electron chi connectivity index (χ4n) is 2.15. The van der Waals surface area contributed by atoms with Gasteiger partial charge in [-0.05, 0) is 11.6 Å². The first kappa shape index (κ1) is 16.1. The van der Waals surface area contributed by atoms with Gasteiger partial charge in [-0.2, -0.15) is 0 Å². The van der Waals surface area contributed by atoms with Crippen LogP contribution in [0.5, 0.6) is 17.2 Å². The molecule has 0 amide bonds. The lowest BCUT2D eigenvalue weighted by Crippen LogP contribution is -2.21. The number of benzene rings is 2. The van der Waals surface area contributed by atoms with E-state index in [4.69, 9.17) is 25.7 Å². The zero-order valence-electron chi connectivity index (χ0n) is 12.9. The van der Waals surface area contributed by atoms with E-state index in [9.17, 15) is 0 Å². The fourth-order valence-corrected chi connectivity index (χ4v) is 2.15. The van der Waals surface area contributed by atoms with Crippen molar-refractivity contribution in [1.29, 1.82) is 0 Å². The van der Waals surface area contributed by atoms with E-state index in [1.54, 1.807) is 20.3 Å². The molecule has 0 radical (unpaired) electrons. The lowest BCUT2D eigenvalue weighted by atomic mass is 10.1. The van der Waals surface area contributed by atoms with E-state index in [1.165, 1.54) is 0 Å². The summed E-state index contributed by atoms with van der Waals surface area (Å²) in [6, 6.07) is 13.2. The number of hydrogen-bond donors (Lipinski definition) is 2. The Labute approximate surface area is 130 Å². The van der Waals surface area contributed by atoms with Gasteiger partial charge in [0.25, 0.3) is 0 Å². The second-order valence-electron chi connectivity index (χ2n) is 4.86. The molecule has 0 fully saturated rings. The molecule has 2 rings (SSSR count). The van der Waals surface area contributed by atoms with Gasteiger partial charge in [-0.3, -0.25) is 0 Å². The van der Waals surface area contributed by atoms with Crippen LogP contribution in [0.3, 0.4) is 0 Å². The maximum Gasteiger partial charge on any atom is 0.164 e. The highest BCUT2D eigenvalue weighted by Crippen LogP contribution is 2.37. The second-order valence-corrected chi connectivity index (χ2v) is 4.86. The molecule has 0 spiro atoms. The molecule has 0 aromatic heterocycles. The van der Waals surface area contributed by atoms with Crippen molar-refractivity contribution in [2.24, 2.45) is 11.5 Å². The Morgan fingerprint density at radius 3 is 2.18 bits per heavy atom. The topological polar surface area (TPSA) is 79.7 Å². The average Bonchev–Trinajstić information content (AvgIpc) is 2.59. The van der Waals surface area contributed by atoms with Crippen LogP contribution in [0.4, 0.5) is 0 Å². The van der Waals surface area contributed by atoms with Crippen molar-refractivity contribution in [3.63, 3.8) is 0 Å². The van der Waals surface area contributed by atoms with Gasteiger partial charge in [-0.25, -0.2) is 0 Å². The van der Waals surface area contributed by atoms with Crippen molar-refractivity contribution in [1.82, 2.24) is 0 Å². The summed E-state index contributed by atoms with van der Waals surface area (Å²) in [5.74, 6) is 1.85. The first-order valence-electron chi connectivity index (χ1n) is 7.07. The Kier molecular flexibility index (Phi) is 5.63. The van der Waals surface area contributed by atoms with Crippen molar-refractivity contribution < 1.29 is 14.2 Å². The number of methoxy groups -OCH3 is 2.